The van der Waals surface area contributed by atoms with Crippen molar-refractivity contribution < 1.29 is 4.74 Å². The van der Waals surface area contributed by atoms with E-state index in [0.29, 0.717) is 23.5 Å². The summed E-state index contributed by atoms with van der Waals surface area (Å²) in [5, 5.41) is 4.45. The molecule has 0 bridgehead atoms. The number of rotatable bonds is 6. The van der Waals surface area contributed by atoms with Gasteiger partial charge in [-0.3, -0.25) is 4.99 Å². The highest BCUT2D eigenvalue weighted by molar-refractivity contribution is 6.30. The Morgan fingerprint density at radius 2 is 1.97 bits per heavy atom. The Kier molecular flexibility index (Phi) is 6.06. The topological polar surface area (TPSA) is 33.6 Å². The van der Waals surface area contributed by atoms with Gasteiger partial charge in [0.1, 0.15) is 12.4 Å². The quantitative estimate of drug-likeness (QED) is 0.304. The van der Waals surface area contributed by atoms with Crippen LogP contribution >= 0.6 is 11.6 Å². The van der Waals surface area contributed by atoms with E-state index in [0.717, 1.165) is 23.4 Å². The molecule has 2 aliphatic rings. The summed E-state index contributed by atoms with van der Waals surface area (Å²) in [4.78, 5) is 4.66. The van der Waals surface area contributed by atoms with Gasteiger partial charge in [0.25, 0.3) is 0 Å². The zero-order valence-electron chi connectivity index (χ0n) is 18.7. The van der Waals surface area contributed by atoms with E-state index < -0.39 is 0 Å². The first-order valence-corrected chi connectivity index (χ1v) is 11.7. The van der Waals surface area contributed by atoms with E-state index in [2.05, 4.69) is 78.4 Å². The molecule has 0 aromatic heterocycles. The second kappa shape index (κ2) is 9.29. The second-order valence-corrected chi connectivity index (χ2v) is 9.13. The second-order valence-electron chi connectivity index (χ2n) is 8.70. The molecule has 0 spiro atoms. The largest absolute Gasteiger partial charge is 0.489 e. The van der Waals surface area contributed by atoms with Gasteiger partial charge >= 0.3 is 0 Å². The average Bonchev–Trinajstić information content (AvgIpc) is 3.32. The number of halogens is 1. The lowest BCUT2D eigenvalue weighted by Gasteiger charge is -2.37. The Hall–Kier alpha value is -3.30. The van der Waals surface area contributed by atoms with E-state index in [1.54, 1.807) is 12.3 Å². The Balaban J connectivity index is 1.37. The normalized spacial score (nSPS) is 20.8. The Morgan fingerprint density at radius 1 is 1.12 bits per heavy atom. The fourth-order valence-corrected chi connectivity index (χ4v) is 5.04. The Morgan fingerprint density at radius 3 is 2.79 bits per heavy atom. The van der Waals surface area contributed by atoms with Crippen molar-refractivity contribution in [1.82, 2.24) is 0 Å². The Bertz CT molecular complexity index is 1230. The van der Waals surface area contributed by atoms with Gasteiger partial charge in [0.2, 0.25) is 0 Å². The smallest absolute Gasteiger partial charge is 0.128 e. The molecule has 3 aromatic rings. The standard InChI is InChI=1S/C29H27ClN2O/c1-3-15-33-28-14-10-22(30)17-21(28)18-31-23-11-8-20(9-12-23)29-25-6-4-5-24(25)26-16-19(2)7-13-27(26)32-29/h3-5,7-14,16-18,24-25,29,32H,1,6,15H2,2H3/t24-,25-,29+/m1/s1. The lowest BCUT2D eigenvalue weighted by Crippen LogP contribution is -2.29. The number of anilines is 1. The number of hydrogen-bond acceptors (Lipinski definition) is 3. The highest BCUT2D eigenvalue weighted by atomic mass is 35.5. The van der Waals surface area contributed by atoms with Crippen molar-refractivity contribution >= 4 is 29.2 Å². The van der Waals surface area contributed by atoms with Crippen molar-refractivity contribution in [3.63, 3.8) is 0 Å². The zero-order chi connectivity index (χ0) is 22.8. The van der Waals surface area contributed by atoms with Gasteiger partial charge < -0.3 is 10.1 Å². The van der Waals surface area contributed by atoms with Gasteiger partial charge in [-0.1, -0.05) is 66.2 Å². The first kappa shape index (κ1) is 21.5. The third-order valence-electron chi connectivity index (χ3n) is 6.45. The van der Waals surface area contributed by atoms with Gasteiger partial charge in [-0.15, -0.1) is 0 Å². The molecule has 3 nitrogen and oxygen atoms in total. The van der Waals surface area contributed by atoms with Gasteiger partial charge in [-0.2, -0.15) is 0 Å². The van der Waals surface area contributed by atoms with Crippen LogP contribution in [0.5, 0.6) is 5.75 Å². The van der Waals surface area contributed by atoms with Crippen molar-refractivity contribution in [3.05, 3.63) is 113 Å². The zero-order valence-corrected chi connectivity index (χ0v) is 19.4. The minimum absolute atomic E-state index is 0.282. The number of aliphatic imine (C=N–C) groups is 1. The number of nitrogens with one attached hydrogen (secondary N) is 1. The monoisotopic (exact) mass is 454 g/mol. The van der Waals surface area contributed by atoms with Crippen LogP contribution in [-0.4, -0.2) is 12.8 Å². The van der Waals surface area contributed by atoms with E-state index in [1.165, 1.54) is 22.4 Å². The summed E-state index contributed by atoms with van der Waals surface area (Å²) < 4.78 is 5.72. The summed E-state index contributed by atoms with van der Waals surface area (Å²) in [5.41, 5.74) is 7.00. The predicted octanol–water partition coefficient (Wildman–Crippen LogP) is 7.79. The highest BCUT2D eigenvalue weighted by Gasteiger charge is 2.37. The molecule has 166 valence electrons. The maximum atomic E-state index is 6.18. The summed E-state index contributed by atoms with van der Waals surface area (Å²) in [5.74, 6) is 1.74. The molecule has 1 heterocycles. The van der Waals surface area contributed by atoms with Gasteiger partial charge in [-0.25, -0.2) is 0 Å². The summed E-state index contributed by atoms with van der Waals surface area (Å²) in [6.07, 6.45) is 9.33. The molecular formula is C29H27ClN2O. The molecule has 5 rings (SSSR count). The number of ether oxygens (including phenoxy) is 1. The number of fused-ring (bicyclic) bond motifs is 3. The molecule has 0 unspecified atom stereocenters. The maximum Gasteiger partial charge on any atom is 0.128 e. The minimum atomic E-state index is 0.282. The number of aryl methyl sites for hydroxylation is 1. The van der Waals surface area contributed by atoms with E-state index >= 15 is 0 Å². The number of allylic oxidation sites excluding steroid dienone is 2. The molecule has 0 saturated heterocycles. The molecule has 4 heteroatoms. The van der Waals surface area contributed by atoms with Crippen molar-refractivity contribution in [2.24, 2.45) is 10.9 Å². The van der Waals surface area contributed by atoms with Crippen molar-refractivity contribution in [3.8, 4) is 5.75 Å². The van der Waals surface area contributed by atoms with E-state index in [-0.39, 0.29) is 6.04 Å². The van der Waals surface area contributed by atoms with E-state index in [1.807, 2.05) is 18.2 Å². The summed E-state index contributed by atoms with van der Waals surface area (Å²) in [6, 6.07) is 21.1. The third-order valence-corrected chi connectivity index (χ3v) is 6.69. The van der Waals surface area contributed by atoms with E-state index in [9.17, 15) is 0 Å². The maximum absolute atomic E-state index is 6.18. The van der Waals surface area contributed by atoms with Crippen LogP contribution in [0, 0.1) is 12.8 Å². The fourth-order valence-electron chi connectivity index (χ4n) is 4.86. The lowest BCUT2D eigenvalue weighted by molar-refractivity contribution is 0.363. The minimum Gasteiger partial charge on any atom is -0.489 e. The van der Waals surface area contributed by atoms with Crippen LogP contribution in [0.2, 0.25) is 5.02 Å². The summed E-state index contributed by atoms with van der Waals surface area (Å²) >= 11 is 6.18. The van der Waals surface area contributed by atoms with E-state index in [4.69, 9.17) is 16.3 Å². The van der Waals surface area contributed by atoms with Crippen LogP contribution in [0.3, 0.4) is 0 Å². The predicted molar refractivity (Wildman–Crippen MR) is 138 cm³/mol. The molecule has 0 fully saturated rings. The summed E-state index contributed by atoms with van der Waals surface area (Å²) in [7, 11) is 0. The first-order valence-electron chi connectivity index (χ1n) is 11.3. The SMILES string of the molecule is C=CCOc1ccc(Cl)cc1C=Nc1ccc([C@@H]2Nc3ccc(C)cc3[C@@H]3C=CC[C@H]32)cc1. The van der Waals surface area contributed by atoms with Crippen LogP contribution in [0.4, 0.5) is 11.4 Å². The summed E-state index contributed by atoms with van der Waals surface area (Å²) in [6.45, 7) is 6.31. The van der Waals surface area contributed by atoms with Crippen LogP contribution < -0.4 is 10.1 Å². The van der Waals surface area contributed by atoms with Gasteiger partial charge in [0.05, 0.1) is 11.7 Å². The van der Waals surface area contributed by atoms with Crippen molar-refractivity contribution in [2.75, 3.05) is 11.9 Å². The van der Waals surface area contributed by atoms with Crippen LogP contribution in [-0.2, 0) is 0 Å². The lowest BCUT2D eigenvalue weighted by atomic mass is 9.76. The first-order chi connectivity index (χ1) is 16.1. The van der Waals surface area contributed by atoms with Crippen LogP contribution in [0.1, 0.15) is 40.6 Å². The fraction of sp³-hybridized carbons (Fsp3) is 0.207. The molecule has 0 amide bonds. The molecule has 1 aliphatic heterocycles. The number of hydrogen-bond donors (Lipinski definition) is 1. The molecular weight excluding hydrogens is 428 g/mol. The molecule has 3 atom stereocenters. The Labute approximate surface area is 200 Å². The highest BCUT2D eigenvalue weighted by Crippen LogP contribution is 2.50. The van der Waals surface area contributed by atoms with Gasteiger partial charge in [0.15, 0.2) is 0 Å². The molecule has 1 N–H and O–H groups in total. The van der Waals surface area contributed by atoms with Crippen LogP contribution in [0.25, 0.3) is 0 Å². The van der Waals surface area contributed by atoms with Crippen molar-refractivity contribution in [2.45, 2.75) is 25.3 Å². The third kappa shape index (κ3) is 4.46. The molecule has 33 heavy (non-hydrogen) atoms. The average molecular weight is 455 g/mol. The molecule has 0 saturated carbocycles. The molecule has 1 aliphatic carbocycles. The molecule has 0 radical (unpaired) electrons. The van der Waals surface area contributed by atoms with Crippen molar-refractivity contribution in [1.29, 1.82) is 0 Å². The number of nitrogens with zero attached hydrogens (tertiary/aromatic N) is 1. The van der Waals surface area contributed by atoms with Gasteiger partial charge in [0, 0.05) is 28.4 Å². The molecule has 3 aromatic carbocycles. The van der Waals surface area contributed by atoms with Gasteiger partial charge in [-0.05, 0) is 66.8 Å². The van der Waals surface area contributed by atoms with Crippen LogP contribution in [0.15, 0.2) is 90.5 Å². The number of benzene rings is 3.